The molecular weight excluding hydrogens is 442 g/mol. The first kappa shape index (κ1) is 24.1. The van der Waals surface area contributed by atoms with E-state index in [1.54, 1.807) is 19.4 Å². The highest BCUT2D eigenvalue weighted by atomic mass is 16.1. The van der Waals surface area contributed by atoms with Gasteiger partial charge in [-0.05, 0) is 49.1 Å². The molecule has 0 aliphatic rings. The third-order valence-electron chi connectivity index (χ3n) is 5.64. The molecule has 0 aliphatic heterocycles. The van der Waals surface area contributed by atoms with Crippen LogP contribution >= 0.6 is 0 Å². The fraction of sp³-hybridized carbons (Fsp3) is 0.360. The van der Waals surface area contributed by atoms with Gasteiger partial charge in [0.15, 0.2) is 11.6 Å². The molecule has 10 heteroatoms. The number of hydrogen-bond acceptors (Lipinski definition) is 8. The maximum absolute atomic E-state index is 12.1. The molecule has 4 N–H and O–H groups in total. The van der Waals surface area contributed by atoms with Crippen molar-refractivity contribution in [2.75, 3.05) is 17.2 Å². The summed E-state index contributed by atoms with van der Waals surface area (Å²) in [7, 11) is 1.86. The molecule has 0 saturated heterocycles. The summed E-state index contributed by atoms with van der Waals surface area (Å²) in [5.41, 5.74) is 9.57. The van der Waals surface area contributed by atoms with Gasteiger partial charge in [-0.3, -0.25) is 4.79 Å². The van der Waals surface area contributed by atoms with Gasteiger partial charge in [-0.25, -0.2) is 15.0 Å². The minimum atomic E-state index is -0.542. The van der Waals surface area contributed by atoms with Gasteiger partial charge in [0.25, 0.3) is 0 Å². The van der Waals surface area contributed by atoms with Crippen LogP contribution in [0.15, 0.2) is 36.8 Å². The first-order chi connectivity index (χ1) is 16.5. The van der Waals surface area contributed by atoms with Gasteiger partial charge in [-0.15, -0.1) is 10.2 Å². The molecule has 3 heterocycles. The average molecular weight is 474 g/mol. The number of anilines is 3. The average Bonchev–Trinajstić information content (AvgIpc) is 3.22. The van der Waals surface area contributed by atoms with Gasteiger partial charge in [-0.1, -0.05) is 20.8 Å². The van der Waals surface area contributed by atoms with Crippen LogP contribution in [-0.2, 0) is 11.8 Å². The number of nitrogens with two attached hydrogens (primary N) is 1. The van der Waals surface area contributed by atoms with Crippen molar-refractivity contribution in [2.45, 2.75) is 40.5 Å². The molecule has 1 unspecified atom stereocenters. The van der Waals surface area contributed by atoms with E-state index in [4.69, 9.17) is 10.7 Å². The highest BCUT2D eigenvalue weighted by Gasteiger charge is 2.19. The molecule has 182 valence electrons. The molecule has 3 aromatic heterocycles. The van der Waals surface area contributed by atoms with Crippen molar-refractivity contribution in [1.29, 1.82) is 0 Å². The number of carbonyl (C=O) groups is 1. The summed E-state index contributed by atoms with van der Waals surface area (Å²) >= 11 is 0. The Bertz CT molecular complexity index is 1390. The fourth-order valence-electron chi connectivity index (χ4n) is 3.70. The van der Waals surface area contributed by atoms with Gasteiger partial charge >= 0.3 is 0 Å². The molecule has 1 aromatic carbocycles. The van der Waals surface area contributed by atoms with Crippen molar-refractivity contribution in [3.05, 3.63) is 48.0 Å². The number of rotatable bonds is 7. The predicted molar refractivity (Wildman–Crippen MR) is 137 cm³/mol. The lowest BCUT2D eigenvalue weighted by atomic mass is 9.96. The standard InChI is InChI=1S/C25H31N9O/c1-14-9-17-11-27-24(32-20(17)22(30-14)28-12-25(3,4)5)31-19-8-7-16(23-33-29-13-34(23)6)10-18(19)15(2)21(26)35/h7-11,13,15H,12H2,1-6H3,(H2,26,35)(H,28,30)(H,27,31,32). The summed E-state index contributed by atoms with van der Waals surface area (Å²) in [6, 6.07) is 7.63. The number of nitrogens with one attached hydrogen (secondary N) is 2. The van der Waals surface area contributed by atoms with Crippen LogP contribution in [0, 0.1) is 12.3 Å². The van der Waals surface area contributed by atoms with Crippen LogP contribution in [0.2, 0.25) is 0 Å². The first-order valence-electron chi connectivity index (χ1n) is 11.4. The minimum Gasteiger partial charge on any atom is -0.369 e. The number of aromatic nitrogens is 6. The summed E-state index contributed by atoms with van der Waals surface area (Å²) in [4.78, 5) is 26.0. The monoisotopic (exact) mass is 473 g/mol. The van der Waals surface area contributed by atoms with E-state index in [1.807, 2.05) is 42.8 Å². The lowest BCUT2D eigenvalue weighted by molar-refractivity contribution is -0.119. The maximum Gasteiger partial charge on any atom is 0.227 e. The van der Waals surface area contributed by atoms with E-state index in [0.717, 1.165) is 34.3 Å². The number of benzene rings is 1. The fourth-order valence-corrected chi connectivity index (χ4v) is 3.70. The zero-order valence-corrected chi connectivity index (χ0v) is 20.9. The number of nitrogens with zero attached hydrogens (tertiary/aromatic N) is 6. The Labute approximate surface area is 204 Å². The van der Waals surface area contributed by atoms with Crippen LogP contribution in [0.25, 0.3) is 22.3 Å². The Morgan fingerprint density at radius 3 is 2.63 bits per heavy atom. The lowest BCUT2D eigenvalue weighted by Crippen LogP contribution is -2.20. The number of pyridine rings is 1. The molecule has 35 heavy (non-hydrogen) atoms. The molecule has 1 atom stereocenters. The molecule has 10 nitrogen and oxygen atoms in total. The predicted octanol–water partition coefficient (Wildman–Crippen LogP) is 3.92. The van der Waals surface area contributed by atoms with E-state index in [9.17, 15) is 4.79 Å². The number of aryl methyl sites for hydroxylation is 2. The van der Waals surface area contributed by atoms with E-state index >= 15 is 0 Å². The molecule has 0 radical (unpaired) electrons. The van der Waals surface area contributed by atoms with Crippen LogP contribution in [0.5, 0.6) is 0 Å². The van der Waals surface area contributed by atoms with Crippen molar-refractivity contribution in [1.82, 2.24) is 29.7 Å². The molecule has 0 spiro atoms. The zero-order chi connectivity index (χ0) is 25.3. The molecule has 0 saturated carbocycles. The van der Waals surface area contributed by atoms with Gasteiger partial charge in [0.1, 0.15) is 11.8 Å². The Kier molecular flexibility index (Phi) is 6.38. The summed E-state index contributed by atoms with van der Waals surface area (Å²) in [5.74, 6) is 0.817. The van der Waals surface area contributed by atoms with E-state index in [2.05, 4.69) is 51.6 Å². The second-order valence-corrected chi connectivity index (χ2v) is 9.97. The van der Waals surface area contributed by atoms with Crippen molar-refractivity contribution in [3.8, 4) is 11.4 Å². The van der Waals surface area contributed by atoms with Crippen molar-refractivity contribution >= 4 is 34.3 Å². The van der Waals surface area contributed by atoms with Crippen molar-refractivity contribution in [2.24, 2.45) is 18.2 Å². The molecule has 1 amide bonds. The van der Waals surface area contributed by atoms with Crippen LogP contribution < -0.4 is 16.4 Å². The third kappa shape index (κ3) is 5.37. The van der Waals surface area contributed by atoms with Crippen LogP contribution in [0.4, 0.5) is 17.5 Å². The molecule has 0 aliphatic carbocycles. The Morgan fingerprint density at radius 1 is 1.20 bits per heavy atom. The second-order valence-electron chi connectivity index (χ2n) is 9.97. The largest absolute Gasteiger partial charge is 0.369 e. The Morgan fingerprint density at radius 2 is 1.97 bits per heavy atom. The number of hydrogen-bond donors (Lipinski definition) is 3. The number of amides is 1. The second kappa shape index (κ2) is 9.28. The van der Waals surface area contributed by atoms with Crippen LogP contribution in [0.3, 0.4) is 0 Å². The van der Waals surface area contributed by atoms with Gasteiger partial charge < -0.3 is 20.9 Å². The number of primary amides is 1. The third-order valence-corrected chi connectivity index (χ3v) is 5.64. The van der Waals surface area contributed by atoms with E-state index in [0.29, 0.717) is 23.3 Å². The van der Waals surface area contributed by atoms with Crippen molar-refractivity contribution < 1.29 is 4.79 Å². The maximum atomic E-state index is 12.1. The smallest absolute Gasteiger partial charge is 0.227 e. The molecular formula is C25H31N9O. The summed E-state index contributed by atoms with van der Waals surface area (Å²) < 4.78 is 1.81. The zero-order valence-electron chi connectivity index (χ0n) is 20.9. The normalized spacial score (nSPS) is 12.5. The Balaban J connectivity index is 1.74. The molecule has 4 rings (SSSR count). The molecule has 0 bridgehead atoms. The van der Waals surface area contributed by atoms with Crippen LogP contribution in [0.1, 0.15) is 44.9 Å². The number of fused-ring (bicyclic) bond motifs is 1. The highest BCUT2D eigenvalue weighted by Crippen LogP contribution is 2.31. The van der Waals surface area contributed by atoms with Gasteiger partial charge in [-0.2, -0.15) is 0 Å². The van der Waals surface area contributed by atoms with Crippen LogP contribution in [-0.4, -0.2) is 42.2 Å². The van der Waals surface area contributed by atoms with Gasteiger partial charge in [0.05, 0.1) is 5.92 Å². The Hall–Kier alpha value is -4.08. The summed E-state index contributed by atoms with van der Waals surface area (Å²) in [6.45, 7) is 10.9. The summed E-state index contributed by atoms with van der Waals surface area (Å²) in [6.07, 6.45) is 3.40. The van der Waals surface area contributed by atoms with E-state index < -0.39 is 11.8 Å². The lowest BCUT2D eigenvalue weighted by Gasteiger charge is -2.20. The summed E-state index contributed by atoms with van der Waals surface area (Å²) in [5, 5.41) is 15.7. The topological polar surface area (TPSA) is 137 Å². The first-order valence-corrected chi connectivity index (χ1v) is 11.4. The molecule has 4 aromatic rings. The van der Waals surface area contributed by atoms with Gasteiger partial charge in [0, 0.05) is 42.1 Å². The van der Waals surface area contributed by atoms with Crippen molar-refractivity contribution in [3.63, 3.8) is 0 Å². The van der Waals surface area contributed by atoms with E-state index in [-0.39, 0.29) is 5.41 Å². The number of carbonyl (C=O) groups excluding carboxylic acids is 1. The van der Waals surface area contributed by atoms with Gasteiger partial charge in [0.2, 0.25) is 11.9 Å². The highest BCUT2D eigenvalue weighted by molar-refractivity contribution is 5.89. The SMILES string of the molecule is Cc1cc2cnc(Nc3ccc(-c4nncn4C)cc3C(C)C(N)=O)nc2c(NCC(C)(C)C)n1. The quantitative estimate of drug-likeness (QED) is 0.367. The van der Waals surface area contributed by atoms with E-state index in [1.165, 1.54) is 0 Å². The minimum absolute atomic E-state index is 0.0795. The molecule has 0 fully saturated rings.